The molecule has 5 heteroatoms. The Hall–Kier alpha value is -1.36. The molecule has 2 unspecified atom stereocenters. The van der Waals surface area contributed by atoms with E-state index in [0.717, 1.165) is 5.69 Å². The second kappa shape index (κ2) is 6.70. The van der Waals surface area contributed by atoms with E-state index in [9.17, 15) is 4.79 Å². The van der Waals surface area contributed by atoms with Gasteiger partial charge in [0, 0.05) is 12.2 Å². The van der Waals surface area contributed by atoms with Gasteiger partial charge in [0.05, 0.1) is 19.1 Å². The number of ether oxygens (including phenoxy) is 1. The second-order valence-corrected chi connectivity index (χ2v) is 5.66. The van der Waals surface area contributed by atoms with Crippen LogP contribution in [0.25, 0.3) is 0 Å². The van der Waals surface area contributed by atoms with Crippen molar-refractivity contribution in [2.75, 3.05) is 7.11 Å². The minimum absolute atomic E-state index is 0.137. The Balaban J connectivity index is 3.09. The number of hydrogen-bond acceptors (Lipinski definition) is 4. The number of carbonyl (C=O) groups excluding carboxylic acids is 1. The highest BCUT2D eigenvalue weighted by Gasteiger charge is 2.26. The molecule has 1 rings (SSSR count). The number of rotatable bonds is 6. The fourth-order valence-corrected chi connectivity index (χ4v) is 2.08. The number of aromatic nitrogens is 2. The first-order valence-electron chi connectivity index (χ1n) is 6.73. The van der Waals surface area contributed by atoms with E-state index in [0.29, 0.717) is 12.3 Å². The molecular weight excluding hydrogens is 242 g/mol. The molecule has 1 aromatic rings. The predicted molar refractivity (Wildman–Crippen MR) is 74.5 cm³/mol. The first-order chi connectivity index (χ1) is 8.88. The molecule has 0 fully saturated rings. The van der Waals surface area contributed by atoms with Gasteiger partial charge in [-0.1, -0.05) is 27.7 Å². The molecular formula is C14H25N3O2. The van der Waals surface area contributed by atoms with Crippen LogP contribution in [0.5, 0.6) is 0 Å². The van der Waals surface area contributed by atoms with E-state index in [2.05, 4.69) is 32.7 Å². The van der Waals surface area contributed by atoms with Crippen LogP contribution in [-0.2, 0) is 9.53 Å². The summed E-state index contributed by atoms with van der Waals surface area (Å²) in [5, 5.41) is 0. The van der Waals surface area contributed by atoms with Crippen molar-refractivity contribution >= 4 is 5.97 Å². The minimum Gasteiger partial charge on any atom is -0.467 e. The Kier molecular flexibility index (Phi) is 5.54. The van der Waals surface area contributed by atoms with Gasteiger partial charge in [-0.2, -0.15) is 0 Å². The molecule has 2 N–H and O–H groups in total. The van der Waals surface area contributed by atoms with Crippen molar-refractivity contribution < 1.29 is 9.53 Å². The summed E-state index contributed by atoms with van der Waals surface area (Å²) >= 11 is 0. The van der Waals surface area contributed by atoms with Gasteiger partial charge in [-0.15, -0.1) is 0 Å². The van der Waals surface area contributed by atoms with E-state index in [4.69, 9.17) is 10.5 Å². The molecule has 1 heterocycles. The summed E-state index contributed by atoms with van der Waals surface area (Å²) in [4.78, 5) is 16.1. The number of nitrogens with zero attached hydrogens (tertiary/aromatic N) is 2. The summed E-state index contributed by atoms with van der Waals surface area (Å²) in [7, 11) is 1.41. The van der Waals surface area contributed by atoms with Crippen LogP contribution in [0, 0.1) is 11.8 Å². The molecule has 0 saturated carbocycles. The van der Waals surface area contributed by atoms with Gasteiger partial charge >= 0.3 is 5.97 Å². The Morgan fingerprint density at radius 2 is 2.05 bits per heavy atom. The maximum atomic E-state index is 12.0. The van der Waals surface area contributed by atoms with E-state index < -0.39 is 0 Å². The smallest absolute Gasteiger partial charge is 0.328 e. The van der Waals surface area contributed by atoms with Gasteiger partial charge in [-0.05, 0) is 18.3 Å². The van der Waals surface area contributed by atoms with E-state index in [1.165, 1.54) is 7.11 Å². The van der Waals surface area contributed by atoms with Crippen molar-refractivity contribution in [2.24, 2.45) is 17.6 Å². The summed E-state index contributed by atoms with van der Waals surface area (Å²) in [5.41, 5.74) is 7.06. The van der Waals surface area contributed by atoms with E-state index in [1.54, 1.807) is 12.5 Å². The average Bonchev–Trinajstić information content (AvgIpc) is 2.82. The Labute approximate surface area is 115 Å². The van der Waals surface area contributed by atoms with E-state index in [-0.39, 0.29) is 24.0 Å². The van der Waals surface area contributed by atoms with Crippen molar-refractivity contribution in [2.45, 2.75) is 46.2 Å². The lowest BCUT2D eigenvalue weighted by atomic mass is 10.00. The molecule has 1 aromatic heterocycles. The number of hydrogen-bond donors (Lipinski definition) is 1. The molecule has 0 aliphatic heterocycles. The molecule has 0 radical (unpaired) electrons. The highest BCUT2D eigenvalue weighted by molar-refractivity contribution is 5.74. The van der Waals surface area contributed by atoms with Crippen molar-refractivity contribution in [3.63, 3.8) is 0 Å². The zero-order valence-electron chi connectivity index (χ0n) is 12.5. The normalized spacial score (nSPS) is 14.7. The fourth-order valence-electron chi connectivity index (χ4n) is 2.08. The molecule has 0 saturated heterocycles. The first kappa shape index (κ1) is 15.7. The van der Waals surface area contributed by atoms with Crippen molar-refractivity contribution in [1.82, 2.24) is 9.55 Å². The summed E-state index contributed by atoms with van der Waals surface area (Å²) in [6.45, 7) is 8.26. The monoisotopic (exact) mass is 267 g/mol. The van der Waals surface area contributed by atoms with Gasteiger partial charge in [0.25, 0.3) is 0 Å². The molecule has 0 aromatic carbocycles. The van der Waals surface area contributed by atoms with Gasteiger partial charge in [0.1, 0.15) is 6.04 Å². The summed E-state index contributed by atoms with van der Waals surface area (Å²) in [6.07, 6.45) is 4.11. The van der Waals surface area contributed by atoms with Crippen molar-refractivity contribution in [3.8, 4) is 0 Å². The zero-order valence-corrected chi connectivity index (χ0v) is 12.5. The average molecular weight is 267 g/mol. The van der Waals surface area contributed by atoms with Crippen LogP contribution >= 0.6 is 0 Å². The fraction of sp³-hybridized carbons (Fsp3) is 0.714. The minimum atomic E-state index is -0.354. The number of esters is 1. The standard InChI is InChI=1S/C14H25N3O2/c1-9(2)6-11(14(18)19-5)17-8-16-7-12(17)13(15)10(3)4/h7-11,13H,6,15H2,1-5H3. The molecule has 108 valence electrons. The van der Waals surface area contributed by atoms with Gasteiger partial charge in [-0.25, -0.2) is 9.78 Å². The first-order valence-corrected chi connectivity index (χ1v) is 6.73. The molecule has 0 aliphatic rings. The third-order valence-corrected chi connectivity index (χ3v) is 3.26. The molecule has 0 spiro atoms. The molecule has 0 bridgehead atoms. The third kappa shape index (κ3) is 3.80. The highest BCUT2D eigenvalue weighted by Crippen LogP contribution is 2.26. The third-order valence-electron chi connectivity index (χ3n) is 3.26. The second-order valence-electron chi connectivity index (χ2n) is 5.66. The SMILES string of the molecule is COC(=O)C(CC(C)C)n1cncc1C(N)C(C)C. The number of carbonyl (C=O) groups is 1. The van der Waals surface area contributed by atoms with Gasteiger partial charge < -0.3 is 15.0 Å². The lowest BCUT2D eigenvalue weighted by molar-refractivity contribution is -0.145. The topological polar surface area (TPSA) is 70.1 Å². The lowest BCUT2D eigenvalue weighted by Crippen LogP contribution is -2.27. The summed E-state index contributed by atoms with van der Waals surface area (Å²) in [5.74, 6) is 0.423. The number of nitrogens with two attached hydrogens (primary N) is 1. The van der Waals surface area contributed by atoms with Crippen LogP contribution < -0.4 is 5.73 Å². The Morgan fingerprint density at radius 1 is 1.42 bits per heavy atom. The summed E-state index contributed by atoms with van der Waals surface area (Å²) < 4.78 is 6.76. The van der Waals surface area contributed by atoms with Crippen LogP contribution in [0.3, 0.4) is 0 Å². The van der Waals surface area contributed by atoms with E-state index in [1.807, 2.05) is 4.57 Å². The molecule has 5 nitrogen and oxygen atoms in total. The summed E-state index contributed by atoms with van der Waals surface area (Å²) in [6, 6.07) is -0.492. The number of methoxy groups -OCH3 is 1. The van der Waals surface area contributed by atoms with Gasteiger partial charge in [0.2, 0.25) is 0 Å². The predicted octanol–water partition coefficient (Wildman–Crippen LogP) is 2.30. The molecule has 19 heavy (non-hydrogen) atoms. The van der Waals surface area contributed by atoms with Crippen LogP contribution in [0.15, 0.2) is 12.5 Å². The van der Waals surface area contributed by atoms with Crippen LogP contribution in [0.1, 0.15) is 51.9 Å². The Morgan fingerprint density at radius 3 is 2.53 bits per heavy atom. The molecule has 2 atom stereocenters. The quantitative estimate of drug-likeness (QED) is 0.803. The number of imidazole rings is 1. The maximum absolute atomic E-state index is 12.0. The van der Waals surface area contributed by atoms with Crippen LogP contribution in [-0.4, -0.2) is 22.6 Å². The van der Waals surface area contributed by atoms with E-state index >= 15 is 0 Å². The lowest BCUT2D eigenvalue weighted by Gasteiger charge is -2.24. The van der Waals surface area contributed by atoms with Gasteiger partial charge in [0.15, 0.2) is 0 Å². The largest absolute Gasteiger partial charge is 0.467 e. The van der Waals surface area contributed by atoms with Gasteiger partial charge in [-0.3, -0.25) is 0 Å². The molecule has 0 amide bonds. The molecule has 0 aliphatic carbocycles. The zero-order chi connectivity index (χ0) is 14.6. The highest BCUT2D eigenvalue weighted by atomic mass is 16.5. The van der Waals surface area contributed by atoms with Crippen molar-refractivity contribution in [1.29, 1.82) is 0 Å². The van der Waals surface area contributed by atoms with Crippen LogP contribution in [0.4, 0.5) is 0 Å². The van der Waals surface area contributed by atoms with Crippen LogP contribution in [0.2, 0.25) is 0 Å². The maximum Gasteiger partial charge on any atom is 0.328 e. The Bertz CT molecular complexity index is 413. The van der Waals surface area contributed by atoms with Crippen molar-refractivity contribution in [3.05, 3.63) is 18.2 Å².